The molecule has 0 aliphatic carbocycles. The van der Waals surface area contributed by atoms with Crippen LogP contribution in [0, 0.1) is 18.3 Å². The van der Waals surface area contributed by atoms with Crippen molar-refractivity contribution >= 4 is 0 Å². The monoisotopic (exact) mass is 346 g/mol. The molecule has 0 amide bonds. The molecule has 0 bridgehead atoms. The first-order valence-corrected chi connectivity index (χ1v) is 7.17. The second-order valence-electron chi connectivity index (χ2n) is 5.29. The first kappa shape index (κ1) is 16.5. The standard InChI is InChI=1S/C17H12F2N2O4/c1-8-6-12-14(16(22)23-8)13(11(7-20)15(21)25-12)9-2-4-10(5-3-9)24-17(18)19/h2-6,13,17H,21H2,1H3. The number of halogens is 2. The largest absolute Gasteiger partial charge is 0.440 e. The molecule has 3 rings (SSSR count). The molecule has 1 aromatic carbocycles. The third kappa shape index (κ3) is 3.04. The van der Waals surface area contributed by atoms with Gasteiger partial charge in [0.2, 0.25) is 5.88 Å². The van der Waals surface area contributed by atoms with E-state index in [4.69, 9.17) is 14.9 Å². The number of hydrogen-bond acceptors (Lipinski definition) is 6. The average molecular weight is 346 g/mol. The van der Waals surface area contributed by atoms with Gasteiger partial charge in [-0.15, -0.1) is 0 Å². The first-order valence-electron chi connectivity index (χ1n) is 7.17. The molecule has 0 fully saturated rings. The number of alkyl halides is 2. The number of allylic oxidation sites excluding steroid dienone is 1. The molecule has 8 heteroatoms. The summed E-state index contributed by atoms with van der Waals surface area (Å²) >= 11 is 0. The zero-order valence-corrected chi connectivity index (χ0v) is 13.0. The van der Waals surface area contributed by atoms with Gasteiger partial charge in [0.05, 0.1) is 11.5 Å². The van der Waals surface area contributed by atoms with Crippen LogP contribution >= 0.6 is 0 Å². The summed E-state index contributed by atoms with van der Waals surface area (Å²) in [6, 6.07) is 9.01. The van der Waals surface area contributed by atoms with Crippen molar-refractivity contribution in [3.63, 3.8) is 0 Å². The van der Waals surface area contributed by atoms with Crippen molar-refractivity contribution in [2.75, 3.05) is 0 Å². The highest BCUT2D eigenvalue weighted by Crippen LogP contribution is 2.40. The van der Waals surface area contributed by atoms with Gasteiger partial charge in [0.25, 0.3) is 0 Å². The molecule has 6 nitrogen and oxygen atoms in total. The van der Waals surface area contributed by atoms with Gasteiger partial charge in [0.15, 0.2) is 0 Å². The average Bonchev–Trinajstić information content (AvgIpc) is 2.53. The Kier molecular flexibility index (Phi) is 4.15. The van der Waals surface area contributed by atoms with E-state index >= 15 is 0 Å². The molecular weight excluding hydrogens is 334 g/mol. The van der Waals surface area contributed by atoms with Gasteiger partial charge in [-0.3, -0.25) is 0 Å². The van der Waals surface area contributed by atoms with Crippen molar-refractivity contribution in [2.24, 2.45) is 5.73 Å². The Labute approximate surface area is 140 Å². The molecule has 0 radical (unpaired) electrons. The normalized spacial score (nSPS) is 16.2. The predicted octanol–water partition coefficient (Wildman–Crippen LogP) is 2.77. The molecule has 1 aliphatic heterocycles. The molecule has 1 unspecified atom stereocenters. The molecule has 0 saturated carbocycles. The van der Waals surface area contributed by atoms with Crippen LogP contribution in [0.1, 0.15) is 22.8 Å². The van der Waals surface area contributed by atoms with E-state index in [0.717, 1.165) is 0 Å². The minimum atomic E-state index is -2.95. The first-order chi connectivity index (χ1) is 11.9. The maximum atomic E-state index is 12.3. The predicted molar refractivity (Wildman–Crippen MR) is 82.1 cm³/mol. The molecule has 128 valence electrons. The van der Waals surface area contributed by atoms with Crippen LogP contribution < -0.4 is 20.8 Å². The van der Waals surface area contributed by atoms with Crippen LogP contribution in [0.25, 0.3) is 0 Å². The number of nitriles is 1. The fourth-order valence-corrected chi connectivity index (χ4v) is 2.69. The number of nitrogens with two attached hydrogens (primary N) is 1. The van der Waals surface area contributed by atoms with Gasteiger partial charge in [-0.25, -0.2) is 4.79 Å². The van der Waals surface area contributed by atoms with Crippen LogP contribution in [-0.2, 0) is 0 Å². The van der Waals surface area contributed by atoms with E-state index in [1.54, 1.807) is 6.92 Å². The van der Waals surface area contributed by atoms with E-state index in [9.17, 15) is 18.8 Å². The summed E-state index contributed by atoms with van der Waals surface area (Å²) in [7, 11) is 0. The van der Waals surface area contributed by atoms with Gasteiger partial charge in [0.1, 0.15) is 28.9 Å². The number of aryl methyl sites for hydroxylation is 1. The van der Waals surface area contributed by atoms with Crippen molar-refractivity contribution in [1.29, 1.82) is 5.26 Å². The molecule has 2 aromatic rings. The number of nitrogens with zero attached hydrogens (tertiary/aromatic N) is 1. The fraction of sp³-hybridized carbons (Fsp3) is 0.176. The van der Waals surface area contributed by atoms with Crippen LogP contribution in [0.2, 0.25) is 0 Å². The number of ether oxygens (including phenoxy) is 2. The molecule has 0 saturated heterocycles. The Morgan fingerprint density at radius 3 is 2.60 bits per heavy atom. The summed E-state index contributed by atoms with van der Waals surface area (Å²) in [5, 5.41) is 9.41. The van der Waals surface area contributed by atoms with Crippen molar-refractivity contribution in [1.82, 2.24) is 0 Å². The van der Waals surface area contributed by atoms with Crippen molar-refractivity contribution in [2.45, 2.75) is 19.5 Å². The van der Waals surface area contributed by atoms with E-state index in [1.165, 1.54) is 30.3 Å². The summed E-state index contributed by atoms with van der Waals surface area (Å²) in [6.45, 7) is -1.37. The summed E-state index contributed by atoms with van der Waals surface area (Å²) in [5.41, 5.74) is 5.79. The zero-order valence-electron chi connectivity index (χ0n) is 13.0. The third-order valence-corrected chi connectivity index (χ3v) is 3.70. The lowest BCUT2D eigenvalue weighted by molar-refractivity contribution is -0.0498. The Bertz CT molecular complexity index is 943. The van der Waals surface area contributed by atoms with E-state index in [2.05, 4.69) is 4.74 Å². The van der Waals surface area contributed by atoms with E-state index < -0.39 is 18.2 Å². The zero-order chi connectivity index (χ0) is 18.1. The topological polar surface area (TPSA) is 98.5 Å². The Balaban J connectivity index is 2.14. The summed E-state index contributed by atoms with van der Waals surface area (Å²) in [5.74, 6) is -0.471. The van der Waals surface area contributed by atoms with Crippen LogP contribution in [-0.4, -0.2) is 6.61 Å². The Morgan fingerprint density at radius 2 is 2.00 bits per heavy atom. The van der Waals surface area contributed by atoms with E-state index in [-0.39, 0.29) is 28.5 Å². The summed E-state index contributed by atoms with van der Waals surface area (Å²) in [4.78, 5) is 12.3. The number of hydrogen-bond donors (Lipinski definition) is 1. The summed E-state index contributed by atoms with van der Waals surface area (Å²) < 4.78 is 39.3. The maximum Gasteiger partial charge on any atom is 0.387 e. The lowest BCUT2D eigenvalue weighted by Crippen LogP contribution is -2.26. The van der Waals surface area contributed by atoms with Gasteiger partial charge >= 0.3 is 12.2 Å². The molecule has 0 spiro atoms. The minimum Gasteiger partial charge on any atom is -0.440 e. The Hall–Kier alpha value is -3.34. The Morgan fingerprint density at radius 1 is 1.32 bits per heavy atom. The maximum absolute atomic E-state index is 12.3. The molecule has 1 aliphatic rings. The highest BCUT2D eigenvalue weighted by molar-refractivity contribution is 5.54. The van der Waals surface area contributed by atoms with Gasteiger partial charge in [-0.2, -0.15) is 14.0 Å². The number of benzene rings is 1. The quantitative estimate of drug-likeness (QED) is 0.917. The highest BCUT2D eigenvalue weighted by Gasteiger charge is 2.34. The van der Waals surface area contributed by atoms with Gasteiger partial charge in [-0.05, 0) is 24.6 Å². The minimum absolute atomic E-state index is 0.0335. The second-order valence-corrected chi connectivity index (χ2v) is 5.29. The number of fused-ring (bicyclic) bond motifs is 1. The SMILES string of the molecule is Cc1cc2c(c(=O)o1)C(c1ccc(OC(F)F)cc1)C(C#N)=C(N)O2. The van der Waals surface area contributed by atoms with E-state index in [0.29, 0.717) is 11.3 Å². The third-order valence-electron chi connectivity index (χ3n) is 3.70. The lowest BCUT2D eigenvalue weighted by atomic mass is 9.84. The van der Waals surface area contributed by atoms with Crippen LogP contribution in [0.3, 0.4) is 0 Å². The van der Waals surface area contributed by atoms with Gasteiger partial charge in [-0.1, -0.05) is 12.1 Å². The summed E-state index contributed by atoms with van der Waals surface area (Å²) in [6.07, 6.45) is 0. The van der Waals surface area contributed by atoms with Crippen molar-refractivity contribution in [3.8, 4) is 17.6 Å². The van der Waals surface area contributed by atoms with Crippen LogP contribution in [0.5, 0.6) is 11.5 Å². The highest BCUT2D eigenvalue weighted by atomic mass is 19.3. The lowest BCUT2D eigenvalue weighted by Gasteiger charge is -2.25. The molecule has 25 heavy (non-hydrogen) atoms. The van der Waals surface area contributed by atoms with Crippen molar-refractivity contribution in [3.05, 3.63) is 69.1 Å². The van der Waals surface area contributed by atoms with Crippen LogP contribution in [0.15, 0.2) is 51.0 Å². The molecular formula is C17H12F2N2O4. The smallest absolute Gasteiger partial charge is 0.387 e. The van der Waals surface area contributed by atoms with E-state index in [1.807, 2.05) is 6.07 Å². The van der Waals surface area contributed by atoms with Gasteiger partial charge < -0.3 is 19.6 Å². The molecule has 2 heterocycles. The number of rotatable bonds is 3. The molecule has 1 aromatic heterocycles. The van der Waals surface area contributed by atoms with Crippen molar-refractivity contribution < 1.29 is 22.7 Å². The fourth-order valence-electron chi connectivity index (χ4n) is 2.69. The van der Waals surface area contributed by atoms with Crippen LogP contribution in [0.4, 0.5) is 8.78 Å². The van der Waals surface area contributed by atoms with Gasteiger partial charge in [0, 0.05) is 6.07 Å². The molecule has 1 atom stereocenters. The second kappa shape index (κ2) is 6.28. The molecule has 2 N–H and O–H groups in total.